The van der Waals surface area contributed by atoms with Gasteiger partial charge in [0, 0.05) is 38.0 Å². The summed E-state index contributed by atoms with van der Waals surface area (Å²) in [7, 11) is -6.05. The van der Waals surface area contributed by atoms with Gasteiger partial charge in [-0.05, 0) is 0 Å². The molecule has 0 saturated heterocycles. The van der Waals surface area contributed by atoms with E-state index in [1.54, 1.807) is 4.90 Å². The van der Waals surface area contributed by atoms with Gasteiger partial charge >= 0.3 is 0 Å². The summed E-state index contributed by atoms with van der Waals surface area (Å²) in [5, 5.41) is 0. The van der Waals surface area contributed by atoms with E-state index < -0.39 is 19.7 Å². The van der Waals surface area contributed by atoms with Crippen LogP contribution in [0, 0.1) is 0 Å². The third-order valence-corrected chi connectivity index (χ3v) is 3.97. The lowest BCUT2D eigenvalue weighted by molar-refractivity contribution is 0.324. The first-order valence-corrected chi connectivity index (χ1v) is 9.43. The Morgan fingerprint density at radius 3 is 1.47 bits per heavy atom. The first-order chi connectivity index (χ1) is 7.14. The fourth-order valence-corrected chi connectivity index (χ4v) is 2.46. The van der Waals surface area contributed by atoms with Gasteiger partial charge in [0.2, 0.25) is 0 Å². The van der Waals surface area contributed by atoms with Crippen molar-refractivity contribution in [3.63, 3.8) is 0 Å². The number of nitrogens with zero attached hydrogens (tertiary/aromatic N) is 1. The van der Waals surface area contributed by atoms with Gasteiger partial charge in [-0.3, -0.25) is 0 Å². The molecule has 0 bridgehead atoms. The monoisotopic (exact) mass is 327 g/mol. The Morgan fingerprint density at radius 1 is 0.882 bits per heavy atom. The van der Waals surface area contributed by atoms with E-state index in [9.17, 15) is 16.8 Å². The van der Waals surface area contributed by atoms with Gasteiger partial charge in [-0.15, -0.1) is 24.0 Å². The van der Waals surface area contributed by atoms with Crippen molar-refractivity contribution in [2.24, 2.45) is 0 Å². The van der Waals surface area contributed by atoms with Crippen LogP contribution in [-0.4, -0.2) is 71.3 Å². The molecule has 0 amide bonds. The summed E-state index contributed by atoms with van der Waals surface area (Å²) in [6.45, 7) is 1.13. The van der Waals surface area contributed by atoms with Gasteiger partial charge in [-0.2, -0.15) is 0 Å². The van der Waals surface area contributed by atoms with E-state index in [0.29, 0.717) is 25.5 Å². The van der Waals surface area contributed by atoms with Crippen LogP contribution in [0.25, 0.3) is 0 Å². The number of halogens is 2. The third-order valence-electron chi connectivity index (χ3n) is 1.96. The van der Waals surface area contributed by atoms with Gasteiger partial charge in [0.05, 0.1) is 11.5 Å². The van der Waals surface area contributed by atoms with Gasteiger partial charge in [0.25, 0.3) is 0 Å². The van der Waals surface area contributed by atoms with Crippen molar-refractivity contribution in [3.05, 3.63) is 0 Å². The molecule has 9 heteroatoms. The van der Waals surface area contributed by atoms with E-state index in [0.717, 1.165) is 12.5 Å². The number of rotatable bonds is 8. The van der Waals surface area contributed by atoms with Crippen LogP contribution < -0.4 is 0 Å². The molecular formula is C8H19Cl2NO4S2. The Labute approximate surface area is 115 Å². The zero-order chi connectivity index (χ0) is 12.8. The Bertz CT molecular complexity index is 358. The molecule has 17 heavy (non-hydrogen) atoms. The quantitative estimate of drug-likeness (QED) is 0.588. The van der Waals surface area contributed by atoms with Gasteiger partial charge < -0.3 is 4.90 Å². The van der Waals surface area contributed by atoms with Crippen LogP contribution in [-0.2, 0) is 19.7 Å². The molecule has 0 aromatic heterocycles. The summed E-state index contributed by atoms with van der Waals surface area (Å²) in [6.07, 6.45) is 2.31. The molecule has 0 aliphatic rings. The summed E-state index contributed by atoms with van der Waals surface area (Å²) < 4.78 is 43.9. The second-order valence-electron chi connectivity index (χ2n) is 3.79. The van der Waals surface area contributed by atoms with Crippen molar-refractivity contribution in [2.45, 2.75) is 0 Å². The predicted octanol–water partition coefficient (Wildman–Crippen LogP) is 0.0382. The molecule has 0 aliphatic heterocycles. The van der Waals surface area contributed by atoms with Crippen LogP contribution in [0.2, 0.25) is 0 Å². The van der Waals surface area contributed by atoms with E-state index in [1.165, 1.54) is 0 Å². The predicted molar refractivity (Wildman–Crippen MR) is 73.8 cm³/mol. The van der Waals surface area contributed by atoms with Crippen molar-refractivity contribution < 1.29 is 16.8 Å². The molecule has 0 fully saturated rings. The smallest absolute Gasteiger partial charge is 0.148 e. The fraction of sp³-hybridized carbons (Fsp3) is 1.00. The number of sulfone groups is 2. The summed E-state index contributed by atoms with van der Waals surface area (Å²) in [4.78, 5) is 1.75. The molecule has 0 heterocycles. The van der Waals surface area contributed by atoms with Crippen LogP contribution in [0.4, 0.5) is 0 Å². The van der Waals surface area contributed by atoms with Crippen LogP contribution in [0.5, 0.6) is 0 Å². The molecule has 0 spiro atoms. The SMILES string of the molecule is CS(=O)(=O)CCN(CCCl)CCS(C)(=O)=O.Cl. The lowest BCUT2D eigenvalue weighted by atomic mass is 10.5. The first-order valence-electron chi connectivity index (χ1n) is 4.78. The van der Waals surface area contributed by atoms with Crippen LogP contribution >= 0.6 is 24.0 Å². The van der Waals surface area contributed by atoms with Crippen molar-refractivity contribution >= 4 is 43.7 Å². The molecule has 0 atom stereocenters. The van der Waals surface area contributed by atoms with Gasteiger partial charge in [0.1, 0.15) is 19.7 Å². The van der Waals surface area contributed by atoms with Crippen molar-refractivity contribution in [1.29, 1.82) is 0 Å². The Balaban J connectivity index is 0. The summed E-state index contributed by atoms with van der Waals surface area (Å²) in [5.41, 5.74) is 0. The van der Waals surface area contributed by atoms with E-state index in [4.69, 9.17) is 11.6 Å². The Hall–Kier alpha value is 0.440. The van der Waals surface area contributed by atoms with Crippen molar-refractivity contribution in [3.8, 4) is 0 Å². The molecule has 0 aliphatic carbocycles. The highest BCUT2D eigenvalue weighted by molar-refractivity contribution is 7.90. The molecular weight excluding hydrogens is 309 g/mol. The van der Waals surface area contributed by atoms with Crippen molar-refractivity contribution in [2.75, 3.05) is 49.5 Å². The van der Waals surface area contributed by atoms with E-state index in [1.807, 2.05) is 0 Å². The zero-order valence-electron chi connectivity index (χ0n) is 9.93. The average molecular weight is 328 g/mol. The standard InChI is InChI=1S/C8H18ClNO4S2.ClH/c1-15(11,12)7-5-10(4-3-9)6-8-16(2,13)14;/h3-8H2,1-2H3;1H. The van der Waals surface area contributed by atoms with Crippen LogP contribution in [0.1, 0.15) is 0 Å². The largest absolute Gasteiger partial charge is 0.300 e. The zero-order valence-corrected chi connectivity index (χ0v) is 13.1. The molecule has 0 unspecified atom stereocenters. The number of alkyl halides is 1. The maximum absolute atomic E-state index is 11.0. The minimum absolute atomic E-state index is 0. The lowest BCUT2D eigenvalue weighted by Gasteiger charge is -2.19. The summed E-state index contributed by atoms with van der Waals surface area (Å²) >= 11 is 5.56. The van der Waals surface area contributed by atoms with Crippen LogP contribution in [0.3, 0.4) is 0 Å². The van der Waals surface area contributed by atoms with E-state index in [2.05, 4.69) is 0 Å². The lowest BCUT2D eigenvalue weighted by Crippen LogP contribution is -2.34. The van der Waals surface area contributed by atoms with E-state index >= 15 is 0 Å². The minimum Gasteiger partial charge on any atom is -0.300 e. The Morgan fingerprint density at radius 2 is 1.24 bits per heavy atom. The molecule has 0 saturated carbocycles. The normalized spacial score (nSPS) is 12.5. The number of hydrogen-bond acceptors (Lipinski definition) is 5. The highest BCUT2D eigenvalue weighted by Crippen LogP contribution is 1.95. The maximum Gasteiger partial charge on any atom is 0.148 e. The highest BCUT2D eigenvalue weighted by atomic mass is 35.5. The van der Waals surface area contributed by atoms with Crippen LogP contribution in [0.15, 0.2) is 0 Å². The topological polar surface area (TPSA) is 71.5 Å². The second-order valence-corrected chi connectivity index (χ2v) is 8.69. The third kappa shape index (κ3) is 14.4. The summed E-state index contributed by atoms with van der Waals surface area (Å²) in [5.74, 6) is 0.398. The molecule has 0 rings (SSSR count). The molecule has 0 aromatic rings. The number of hydrogen-bond donors (Lipinski definition) is 0. The first kappa shape index (κ1) is 19.8. The van der Waals surface area contributed by atoms with Gasteiger partial charge in [-0.25, -0.2) is 16.8 Å². The van der Waals surface area contributed by atoms with E-state index in [-0.39, 0.29) is 23.9 Å². The molecule has 106 valence electrons. The van der Waals surface area contributed by atoms with Gasteiger partial charge in [-0.1, -0.05) is 0 Å². The highest BCUT2D eigenvalue weighted by Gasteiger charge is 2.11. The molecule has 5 nitrogen and oxygen atoms in total. The summed E-state index contributed by atoms with van der Waals surface area (Å²) in [6, 6.07) is 0. The maximum atomic E-state index is 11.0. The molecule has 0 radical (unpaired) electrons. The Kier molecular flexibility index (Phi) is 9.92. The second kappa shape index (κ2) is 8.53. The fourth-order valence-electron chi connectivity index (χ4n) is 1.04. The van der Waals surface area contributed by atoms with Crippen molar-refractivity contribution in [1.82, 2.24) is 4.90 Å². The minimum atomic E-state index is -3.03. The van der Waals surface area contributed by atoms with Gasteiger partial charge in [0.15, 0.2) is 0 Å². The average Bonchev–Trinajstić information content (AvgIpc) is 2.07. The molecule has 0 N–H and O–H groups in total. The molecule has 0 aromatic carbocycles.